The Morgan fingerprint density at radius 2 is 1.92 bits per heavy atom. The van der Waals surface area contributed by atoms with Gasteiger partial charge in [-0.15, -0.1) is 11.6 Å². The Morgan fingerprint density at radius 1 is 1.38 bits per heavy atom. The van der Waals surface area contributed by atoms with Gasteiger partial charge >= 0.3 is 5.97 Å². The first-order chi connectivity index (χ1) is 6.10. The van der Waals surface area contributed by atoms with Gasteiger partial charge < -0.3 is 10.4 Å². The molecule has 0 unspecified atom stereocenters. The molecule has 1 amide bonds. The molecule has 1 saturated carbocycles. The molecule has 2 N–H and O–H groups in total. The highest BCUT2D eigenvalue weighted by Crippen LogP contribution is 2.29. The lowest BCUT2D eigenvalue weighted by atomic mass is 9.98. The summed E-state index contributed by atoms with van der Waals surface area (Å²) in [5.74, 6) is -1.55. The molecule has 74 valence electrons. The summed E-state index contributed by atoms with van der Waals surface area (Å²) in [7, 11) is 0. The van der Waals surface area contributed by atoms with E-state index in [1.165, 1.54) is 0 Å². The molecule has 1 aliphatic rings. The number of halogens is 1. The summed E-state index contributed by atoms with van der Waals surface area (Å²) in [4.78, 5) is 21.9. The van der Waals surface area contributed by atoms with Crippen LogP contribution in [-0.2, 0) is 9.59 Å². The van der Waals surface area contributed by atoms with Crippen LogP contribution in [0.5, 0.6) is 0 Å². The monoisotopic (exact) mass is 205 g/mol. The van der Waals surface area contributed by atoms with Gasteiger partial charge in [-0.05, 0) is 12.8 Å². The van der Waals surface area contributed by atoms with Crippen molar-refractivity contribution in [1.29, 1.82) is 0 Å². The number of carbonyl (C=O) groups is 2. The Labute approximate surface area is 81.3 Å². The van der Waals surface area contributed by atoms with E-state index < -0.39 is 17.4 Å². The molecule has 0 radical (unpaired) electrons. The minimum atomic E-state index is -1.05. The van der Waals surface area contributed by atoms with Gasteiger partial charge in [0.25, 0.3) is 0 Å². The van der Waals surface area contributed by atoms with Crippen molar-refractivity contribution in [1.82, 2.24) is 5.32 Å². The minimum absolute atomic E-state index is 0.185. The SMILES string of the molecule is O=C(CCl)NC1(C(=O)O)CCCC1. The Bertz CT molecular complexity index is 223. The van der Waals surface area contributed by atoms with E-state index in [0.717, 1.165) is 12.8 Å². The molecule has 13 heavy (non-hydrogen) atoms. The summed E-state index contributed by atoms with van der Waals surface area (Å²) in [5.41, 5.74) is -1.05. The second kappa shape index (κ2) is 3.96. The van der Waals surface area contributed by atoms with Crippen LogP contribution in [0.4, 0.5) is 0 Å². The number of aliphatic carboxylic acids is 1. The van der Waals surface area contributed by atoms with Crippen LogP contribution < -0.4 is 5.32 Å². The van der Waals surface area contributed by atoms with Crippen LogP contribution in [0.25, 0.3) is 0 Å². The molecule has 0 aromatic rings. The smallest absolute Gasteiger partial charge is 0.329 e. The summed E-state index contributed by atoms with van der Waals surface area (Å²) < 4.78 is 0. The van der Waals surface area contributed by atoms with Crippen molar-refractivity contribution in [2.45, 2.75) is 31.2 Å². The maximum absolute atomic E-state index is 11.0. The molecule has 4 nitrogen and oxygen atoms in total. The molecule has 0 heterocycles. The van der Waals surface area contributed by atoms with Crippen LogP contribution in [0.15, 0.2) is 0 Å². The zero-order chi connectivity index (χ0) is 9.90. The maximum Gasteiger partial charge on any atom is 0.329 e. The topological polar surface area (TPSA) is 66.4 Å². The summed E-state index contributed by atoms with van der Waals surface area (Å²) >= 11 is 5.29. The van der Waals surface area contributed by atoms with E-state index in [1.807, 2.05) is 0 Å². The van der Waals surface area contributed by atoms with Gasteiger partial charge in [-0.3, -0.25) is 4.79 Å². The van der Waals surface area contributed by atoms with E-state index in [2.05, 4.69) is 5.32 Å². The number of amides is 1. The molecule has 0 aromatic carbocycles. The molecule has 0 aliphatic heterocycles. The third kappa shape index (κ3) is 2.12. The van der Waals surface area contributed by atoms with Gasteiger partial charge in [-0.25, -0.2) is 4.79 Å². The van der Waals surface area contributed by atoms with Crippen molar-refractivity contribution in [3.05, 3.63) is 0 Å². The van der Waals surface area contributed by atoms with Crippen LogP contribution in [0.1, 0.15) is 25.7 Å². The number of carboxylic acids is 1. The normalized spacial score (nSPS) is 19.8. The zero-order valence-corrected chi connectivity index (χ0v) is 7.93. The molecule has 0 spiro atoms. The molecule has 1 rings (SSSR count). The molecular formula is C8H12ClNO3. The van der Waals surface area contributed by atoms with Gasteiger partial charge in [-0.2, -0.15) is 0 Å². The second-order valence-corrected chi connectivity index (χ2v) is 3.54. The molecule has 0 atom stereocenters. The summed E-state index contributed by atoms with van der Waals surface area (Å²) in [6.07, 6.45) is 2.69. The van der Waals surface area contributed by atoms with Crippen LogP contribution >= 0.6 is 11.6 Å². The lowest BCUT2D eigenvalue weighted by Gasteiger charge is -2.24. The first-order valence-electron chi connectivity index (χ1n) is 4.21. The van der Waals surface area contributed by atoms with E-state index in [4.69, 9.17) is 16.7 Å². The van der Waals surface area contributed by atoms with E-state index in [0.29, 0.717) is 12.8 Å². The van der Waals surface area contributed by atoms with Gasteiger partial charge in [0.2, 0.25) is 5.91 Å². The van der Waals surface area contributed by atoms with Gasteiger partial charge in [0, 0.05) is 0 Å². The highest BCUT2D eigenvalue weighted by Gasteiger charge is 2.42. The quantitative estimate of drug-likeness (QED) is 0.668. The predicted molar refractivity (Wildman–Crippen MR) is 47.7 cm³/mol. The lowest BCUT2D eigenvalue weighted by Crippen LogP contribution is -2.52. The van der Waals surface area contributed by atoms with Gasteiger partial charge in [0.1, 0.15) is 11.4 Å². The predicted octanol–water partition coefficient (Wildman–Crippen LogP) is 0.739. The number of rotatable bonds is 3. The highest BCUT2D eigenvalue weighted by molar-refractivity contribution is 6.27. The largest absolute Gasteiger partial charge is 0.480 e. The van der Waals surface area contributed by atoms with Crippen LogP contribution in [0, 0.1) is 0 Å². The molecule has 0 bridgehead atoms. The standard InChI is InChI=1S/C8H12ClNO3/c9-5-6(11)10-8(7(12)13)3-1-2-4-8/h1-5H2,(H,10,11)(H,12,13). The number of carbonyl (C=O) groups excluding carboxylic acids is 1. The van der Waals surface area contributed by atoms with Crippen molar-refractivity contribution >= 4 is 23.5 Å². The van der Waals surface area contributed by atoms with E-state index in [-0.39, 0.29) is 5.88 Å². The number of nitrogens with one attached hydrogen (secondary N) is 1. The molecule has 0 aromatic heterocycles. The Balaban J connectivity index is 2.68. The Kier molecular flexibility index (Phi) is 3.14. The molecule has 1 aliphatic carbocycles. The maximum atomic E-state index is 11.0. The molecule has 5 heteroatoms. The fraction of sp³-hybridized carbons (Fsp3) is 0.750. The van der Waals surface area contributed by atoms with Gasteiger partial charge in [0.05, 0.1) is 0 Å². The number of hydrogen-bond donors (Lipinski definition) is 2. The van der Waals surface area contributed by atoms with Crippen LogP contribution in [-0.4, -0.2) is 28.4 Å². The van der Waals surface area contributed by atoms with Gasteiger partial charge in [0.15, 0.2) is 0 Å². The van der Waals surface area contributed by atoms with Gasteiger partial charge in [-0.1, -0.05) is 12.8 Å². The summed E-state index contributed by atoms with van der Waals surface area (Å²) in [5, 5.41) is 11.4. The number of alkyl halides is 1. The molecule has 0 saturated heterocycles. The average molecular weight is 206 g/mol. The van der Waals surface area contributed by atoms with Crippen molar-refractivity contribution in [3.8, 4) is 0 Å². The van der Waals surface area contributed by atoms with Crippen molar-refractivity contribution in [3.63, 3.8) is 0 Å². The highest BCUT2D eigenvalue weighted by atomic mass is 35.5. The van der Waals surface area contributed by atoms with E-state index in [9.17, 15) is 9.59 Å². The fourth-order valence-corrected chi connectivity index (χ4v) is 1.74. The average Bonchev–Trinajstić information content (AvgIpc) is 2.54. The van der Waals surface area contributed by atoms with Crippen molar-refractivity contribution < 1.29 is 14.7 Å². The third-order valence-corrected chi connectivity index (χ3v) is 2.61. The number of hydrogen-bond acceptors (Lipinski definition) is 2. The Hall–Kier alpha value is -0.770. The van der Waals surface area contributed by atoms with Crippen LogP contribution in [0.2, 0.25) is 0 Å². The molecule has 1 fully saturated rings. The summed E-state index contributed by atoms with van der Waals surface area (Å²) in [6.45, 7) is 0. The second-order valence-electron chi connectivity index (χ2n) is 3.28. The first kappa shape index (κ1) is 10.3. The van der Waals surface area contributed by atoms with Crippen molar-refractivity contribution in [2.24, 2.45) is 0 Å². The Morgan fingerprint density at radius 3 is 2.31 bits per heavy atom. The first-order valence-corrected chi connectivity index (χ1v) is 4.74. The number of carboxylic acid groups (broad SMARTS) is 1. The van der Waals surface area contributed by atoms with E-state index >= 15 is 0 Å². The molecular weight excluding hydrogens is 194 g/mol. The lowest BCUT2D eigenvalue weighted by molar-refractivity contribution is -0.147. The van der Waals surface area contributed by atoms with Crippen LogP contribution in [0.3, 0.4) is 0 Å². The van der Waals surface area contributed by atoms with Crippen molar-refractivity contribution in [2.75, 3.05) is 5.88 Å². The minimum Gasteiger partial charge on any atom is -0.480 e. The summed E-state index contributed by atoms with van der Waals surface area (Å²) in [6, 6.07) is 0. The van der Waals surface area contributed by atoms with E-state index in [1.54, 1.807) is 0 Å². The fourth-order valence-electron chi connectivity index (χ4n) is 1.67. The zero-order valence-electron chi connectivity index (χ0n) is 7.18. The third-order valence-electron chi connectivity index (χ3n) is 2.37.